The molecular formula is C16H18BrNO2. The number of ether oxygens (including phenoxy) is 1. The fourth-order valence-corrected chi connectivity index (χ4v) is 3.06. The number of terminal acetylenes is 1. The highest BCUT2D eigenvalue weighted by Crippen LogP contribution is 2.31. The number of nitrogens with one attached hydrogen (secondary N) is 1. The molecule has 0 saturated heterocycles. The number of benzene rings is 1. The summed E-state index contributed by atoms with van der Waals surface area (Å²) in [6.45, 7) is 2.57. The molecule has 1 N–H and O–H groups in total. The van der Waals surface area contributed by atoms with Crippen LogP contribution in [0.1, 0.15) is 24.5 Å². The number of fused-ring (bicyclic) bond motifs is 1. The lowest BCUT2D eigenvalue weighted by Gasteiger charge is -2.36. The minimum absolute atomic E-state index is 0.205. The summed E-state index contributed by atoms with van der Waals surface area (Å²) < 4.78 is 6.31. The number of aryl methyl sites for hydroxylation is 1. The number of rotatable bonds is 4. The molecule has 20 heavy (non-hydrogen) atoms. The highest BCUT2D eigenvalue weighted by Gasteiger charge is 2.42. The van der Waals surface area contributed by atoms with Crippen molar-refractivity contribution < 1.29 is 9.53 Å². The van der Waals surface area contributed by atoms with Crippen molar-refractivity contribution in [2.24, 2.45) is 0 Å². The number of carbonyl (C=O) groups excluding carboxylic acids is 1. The van der Waals surface area contributed by atoms with Gasteiger partial charge < -0.3 is 4.74 Å². The molecule has 1 aliphatic carbocycles. The standard InChI is InChI=1S/C16H18BrNO2/c1-3-9-18-16(15(19)20-4-2)8-7-12-10-14(17)6-5-13(12)11-16/h1,5-6,10,18H,4,7-9,11H2,2H3. The quantitative estimate of drug-likeness (QED) is 0.678. The first-order valence-electron chi connectivity index (χ1n) is 6.74. The minimum atomic E-state index is -0.691. The van der Waals surface area contributed by atoms with E-state index >= 15 is 0 Å². The third-order valence-electron chi connectivity index (χ3n) is 3.68. The average Bonchev–Trinajstić information content (AvgIpc) is 2.45. The van der Waals surface area contributed by atoms with E-state index in [1.54, 1.807) is 0 Å². The second kappa shape index (κ2) is 6.43. The molecule has 0 spiro atoms. The van der Waals surface area contributed by atoms with Gasteiger partial charge in [-0.15, -0.1) is 6.42 Å². The Morgan fingerprint density at radius 3 is 3.05 bits per heavy atom. The van der Waals surface area contributed by atoms with E-state index in [-0.39, 0.29) is 5.97 Å². The van der Waals surface area contributed by atoms with Crippen LogP contribution in [-0.2, 0) is 22.4 Å². The van der Waals surface area contributed by atoms with Crippen molar-refractivity contribution in [2.75, 3.05) is 13.2 Å². The molecule has 0 aromatic heterocycles. The molecule has 1 aromatic carbocycles. The Bertz CT molecular complexity index is 550. The third kappa shape index (κ3) is 3.05. The summed E-state index contributed by atoms with van der Waals surface area (Å²) in [7, 11) is 0. The molecule has 3 nitrogen and oxygen atoms in total. The van der Waals surface area contributed by atoms with Crippen molar-refractivity contribution in [3.63, 3.8) is 0 Å². The number of halogens is 1. The lowest BCUT2D eigenvalue weighted by molar-refractivity contribution is -0.151. The maximum Gasteiger partial charge on any atom is 0.326 e. The van der Waals surface area contributed by atoms with Gasteiger partial charge in [-0.2, -0.15) is 0 Å². The molecule has 1 unspecified atom stereocenters. The van der Waals surface area contributed by atoms with Gasteiger partial charge >= 0.3 is 5.97 Å². The van der Waals surface area contributed by atoms with Crippen LogP contribution in [0.25, 0.3) is 0 Å². The second-order valence-electron chi connectivity index (χ2n) is 4.95. The predicted molar refractivity (Wildman–Crippen MR) is 82.4 cm³/mol. The Kier molecular flexibility index (Phi) is 4.85. The fraction of sp³-hybridized carbons (Fsp3) is 0.438. The number of hydrogen-bond donors (Lipinski definition) is 1. The van der Waals surface area contributed by atoms with Gasteiger partial charge in [-0.1, -0.05) is 27.9 Å². The molecule has 4 heteroatoms. The Morgan fingerprint density at radius 2 is 2.35 bits per heavy atom. The number of hydrogen-bond acceptors (Lipinski definition) is 3. The summed E-state index contributed by atoms with van der Waals surface area (Å²) >= 11 is 3.48. The first kappa shape index (κ1) is 15.1. The van der Waals surface area contributed by atoms with E-state index in [1.165, 1.54) is 11.1 Å². The van der Waals surface area contributed by atoms with Crippen molar-refractivity contribution in [1.29, 1.82) is 0 Å². The van der Waals surface area contributed by atoms with Crippen molar-refractivity contribution in [3.8, 4) is 12.3 Å². The van der Waals surface area contributed by atoms with Gasteiger partial charge in [0.2, 0.25) is 0 Å². The van der Waals surface area contributed by atoms with E-state index < -0.39 is 5.54 Å². The van der Waals surface area contributed by atoms with Crippen molar-refractivity contribution in [1.82, 2.24) is 5.32 Å². The van der Waals surface area contributed by atoms with Gasteiger partial charge in [-0.05, 0) is 43.0 Å². The van der Waals surface area contributed by atoms with Gasteiger partial charge in [0.05, 0.1) is 13.2 Å². The predicted octanol–water partition coefficient (Wildman–Crippen LogP) is 2.46. The van der Waals surface area contributed by atoms with E-state index in [2.05, 4.69) is 39.3 Å². The van der Waals surface area contributed by atoms with Crippen LogP contribution in [0.4, 0.5) is 0 Å². The van der Waals surface area contributed by atoms with Crippen LogP contribution in [0.15, 0.2) is 22.7 Å². The zero-order valence-corrected chi connectivity index (χ0v) is 13.1. The fourth-order valence-electron chi connectivity index (χ4n) is 2.65. The van der Waals surface area contributed by atoms with Crippen LogP contribution in [-0.4, -0.2) is 24.7 Å². The van der Waals surface area contributed by atoms with E-state index in [0.29, 0.717) is 26.0 Å². The second-order valence-corrected chi connectivity index (χ2v) is 5.87. The monoisotopic (exact) mass is 335 g/mol. The van der Waals surface area contributed by atoms with Crippen LogP contribution in [0.2, 0.25) is 0 Å². The van der Waals surface area contributed by atoms with Gasteiger partial charge in [0, 0.05) is 10.9 Å². The zero-order valence-electron chi connectivity index (χ0n) is 11.5. The zero-order chi connectivity index (χ0) is 14.6. The number of carbonyl (C=O) groups is 1. The maximum atomic E-state index is 12.3. The molecule has 1 atom stereocenters. The molecule has 0 radical (unpaired) electrons. The molecule has 2 rings (SSSR count). The van der Waals surface area contributed by atoms with Crippen molar-refractivity contribution >= 4 is 21.9 Å². The molecule has 1 aliphatic rings. The molecular weight excluding hydrogens is 318 g/mol. The largest absolute Gasteiger partial charge is 0.465 e. The SMILES string of the molecule is C#CCNC1(C(=O)OCC)CCc2cc(Br)ccc2C1. The molecule has 0 aliphatic heterocycles. The summed E-state index contributed by atoms with van der Waals surface area (Å²) in [5, 5.41) is 3.20. The molecule has 1 aromatic rings. The summed E-state index contributed by atoms with van der Waals surface area (Å²) in [4.78, 5) is 12.3. The van der Waals surface area contributed by atoms with Crippen LogP contribution in [0, 0.1) is 12.3 Å². The van der Waals surface area contributed by atoms with Crippen molar-refractivity contribution in [2.45, 2.75) is 31.7 Å². The molecule has 0 saturated carbocycles. The molecule has 0 bridgehead atoms. The van der Waals surface area contributed by atoms with E-state index in [9.17, 15) is 4.79 Å². The lowest BCUT2D eigenvalue weighted by Crippen LogP contribution is -2.56. The highest BCUT2D eigenvalue weighted by atomic mass is 79.9. The van der Waals surface area contributed by atoms with Crippen molar-refractivity contribution in [3.05, 3.63) is 33.8 Å². The first-order chi connectivity index (χ1) is 9.61. The first-order valence-corrected chi connectivity index (χ1v) is 7.53. The van der Waals surface area contributed by atoms with Crippen LogP contribution < -0.4 is 5.32 Å². The van der Waals surface area contributed by atoms with E-state index in [1.807, 2.05) is 13.0 Å². The summed E-state index contributed by atoms with van der Waals surface area (Å²) in [6, 6.07) is 6.18. The molecule has 106 valence electrons. The Balaban J connectivity index is 2.28. The van der Waals surface area contributed by atoms with Gasteiger partial charge in [-0.3, -0.25) is 10.1 Å². The highest BCUT2D eigenvalue weighted by molar-refractivity contribution is 9.10. The Hall–Kier alpha value is -1.31. The summed E-state index contributed by atoms with van der Waals surface area (Å²) in [5.74, 6) is 2.34. The Labute approximate surface area is 128 Å². The minimum Gasteiger partial charge on any atom is -0.465 e. The van der Waals surface area contributed by atoms with Gasteiger partial charge in [0.15, 0.2) is 0 Å². The topological polar surface area (TPSA) is 38.3 Å². The van der Waals surface area contributed by atoms with Crippen LogP contribution in [0.3, 0.4) is 0 Å². The van der Waals surface area contributed by atoms with Gasteiger partial charge in [0.1, 0.15) is 5.54 Å². The van der Waals surface area contributed by atoms with Crippen LogP contribution in [0.5, 0.6) is 0 Å². The van der Waals surface area contributed by atoms with Crippen LogP contribution >= 0.6 is 15.9 Å². The maximum absolute atomic E-state index is 12.3. The average molecular weight is 336 g/mol. The molecule has 0 amide bonds. The molecule has 0 heterocycles. The lowest BCUT2D eigenvalue weighted by atomic mass is 9.78. The summed E-state index contributed by atoms with van der Waals surface area (Å²) in [5.41, 5.74) is 1.77. The van der Waals surface area contributed by atoms with Gasteiger partial charge in [0.25, 0.3) is 0 Å². The summed E-state index contributed by atoms with van der Waals surface area (Å²) in [6.07, 6.45) is 7.49. The normalized spacial score (nSPS) is 20.9. The van der Waals surface area contributed by atoms with E-state index in [0.717, 1.165) is 10.9 Å². The molecule has 0 fully saturated rings. The van der Waals surface area contributed by atoms with Gasteiger partial charge in [-0.25, -0.2) is 0 Å². The Morgan fingerprint density at radius 1 is 1.55 bits per heavy atom. The van der Waals surface area contributed by atoms with E-state index in [4.69, 9.17) is 11.2 Å². The number of esters is 1. The smallest absolute Gasteiger partial charge is 0.326 e. The third-order valence-corrected chi connectivity index (χ3v) is 4.17.